The Bertz CT molecular complexity index is 953. The molecule has 0 aliphatic heterocycles. The van der Waals surface area contributed by atoms with Gasteiger partial charge in [0.05, 0.1) is 24.2 Å². The highest BCUT2D eigenvalue weighted by atomic mass is 19.4. The van der Waals surface area contributed by atoms with Crippen LogP contribution in [0, 0.1) is 11.7 Å². The fourth-order valence-electron chi connectivity index (χ4n) is 3.60. The Morgan fingerprint density at radius 2 is 1.42 bits per heavy atom. The van der Waals surface area contributed by atoms with Crippen molar-refractivity contribution in [2.45, 2.75) is 37.5 Å². The number of hydrogen-bond acceptors (Lipinski definition) is 3. The van der Waals surface area contributed by atoms with Crippen LogP contribution < -0.4 is 5.73 Å². The van der Waals surface area contributed by atoms with Gasteiger partial charge in [0.2, 0.25) is 5.91 Å². The first-order valence-corrected chi connectivity index (χ1v) is 9.66. The maximum absolute atomic E-state index is 12.8. The van der Waals surface area contributed by atoms with Gasteiger partial charge in [0, 0.05) is 5.56 Å². The molecule has 0 saturated heterocycles. The van der Waals surface area contributed by atoms with Crippen LogP contribution in [-0.2, 0) is 21.9 Å². The van der Waals surface area contributed by atoms with Crippen molar-refractivity contribution in [2.24, 2.45) is 11.7 Å². The fourth-order valence-corrected chi connectivity index (χ4v) is 3.60. The number of amides is 1. The molecule has 2 aromatic carbocycles. The van der Waals surface area contributed by atoms with Crippen LogP contribution in [-0.4, -0.2) is 19.0 Å². The van der Waals surface area contributed by atoms with Crippen LogP contribution in [0.3, 0.4) is 0 Å². The molecule has 0 bridgehead atoms. The Hall–Kier alpha value is -3.11. The number of methoxy groups -OCH3 is 1. The number of esters is 1. The lowest BCUT2D eigenvalue weighted by Gasteiger charge is -2.17. The second-order valence-corrected chi connectivity index (χ2v) is 7.38. The number of carbonyl (C=O) groups excluding carboxylic acids is 2. The van der Waals surface area contributed by atoms with Gasteiger partial charge in [0.15, 0.2) is 0 Å². The highest BCUT2D eigenvalue weighted by Gasteiger charge is 2.37. The molecule has 1 saturated carbocycles. The Kier molecular flexibility index (Phi) is 8.10. The summed E-state index contributed by atoms with van der Waals surface area (Å²) in [5.41, 5.74) is 1.72. The first kappa shape index (κ1) is 26.1. The third-order valence-corrected chi connectivity index (χ3v) is 5.19. The summed E-state index contributed by atoms with van der Waals surface area (Å²) in [6, 6.07) is 6.90. The monoisotopic (exact) mass is 479 g/mol. The standard InChI is InChI=1S/C13H15FO2.C9H5F6NO/c1-16-13(15)12-4-2-3-11(12)9-5-7-10(14)8-6-9;10-8(11,12)5-1-4(7(16)17)2-6(3-5)9(13,14)15/h5-8,11-12H,2-4H2,1H3;1-3H,(H2,16,17)/t11?,12-;/m1./s1. The van der Waals surface area contributed by atoms with Gasteiger partial charge in [-0.1, -0.05) is 18.6 Å². The predicted molar refractivity (Wildman–Crippen MR) is 103 cm³/mol. The van der Waals surface area contributed by atoms with Gasteiger partial charge >= 0.3 is 18.3 Å². The van der Waals surface area contributed by atoms with Gasteiger partial charge in [-0.3, -0.25) is 9.59 Å². The molecule has 0 heterocycles. The molecule has 2 N–H and O–H groups in total. The lowest BCUT2D eigenvalue weighted by atomic mass is 9.89. The van der Waals surface area contributed by atoms with Crippen LogP contribution >= 0.6 is 0 Å². The smallest absolute Gasteiger partial charge is 0.416 e. The van der Waals surface area contributed by atoms with E-state index in [4.69, 9.17) is 4.74 Å². The summed E-state index contributed by atoms with van der Waals surface area (Å²) >= 11 is 0. The second-order valence-electron chi connectivity index (χ2n) is 7.38. The van der Waals surface area contributed by atoms with Crippen molar-refractivity contribution in [3.63, 3.8) is 0 Å². The number of benzene rings is 2. The number of alkyl halides is 6. The SMILES string of the molecule is COC(=O)[C@@H]1CCCC1c1ccc(F)cc1.NC(=O)c1cc(C(F)(F)F)cc(C(F)(F)F)c1. The zero-order valence-corrected chi connectivity index (χ0v) is 17.3. The largest absolute Gasteiger partial charge is 0.469 e. The minimum absolute atomic E-state index is 0.0598. The molecule has 4 nitrogen and oxygen atoms in total. The molecule has 0 spiro atoms. The van der Waals surface area contributed by atoms with Crippen molar-refractivity contribution in [3.05, 3.63) is 70.5 Å². The van der Waals surface area contributed by atoms with E-state index in [1.807, 2.05) is 0 Å². The number of ether oxygens (including phenoxy) is 1. The Balaban J connectivity index is 0.000000234. The van der Waals surface area contributed by atoms with E-state index in [1.165, 1.54) is 19.2 Å². The van der Waals surface area contributed by atoms with E-state index in [2.05, 4.69) is 5.73 Å². The summed E-state index contributed by atoms with van der Waals surface area (Å²) in [5.74, 6) is -1.62. The first-order valence-electron chi connectivity index (χ1n) is 9.66. The molecule has 1 aliphatic carbocycles. The van der Waals surface area contributed by atoms with Crippen molar-refractivity contribution >= 4 is 11.9 Å². The van der Waals surface area contributed by atoms with Gasteiger partial charge in [-0.05, 0) is 54.7 Å². The molecule has 0 aromatic heterocycles. The van der Waals surface area contributed by atoms with E-state index in [-0.39, 0.29) is 41.8 Å². The number of nitrogens with two attached hydrogens (primary N) is 1. The molecular formula is C22H20F7NO3. The molecule has 1 unspecified atom stereocenters. The average Bonchev–Trinajstić information content (AvgIpc) is 3.22. The average molecular weight is 479 g/mol. The van der Waals surface area contributed by atoms with E-state index in [0.29, 0.717) is 0 Å². The van der Waals surface area contributed by atoms with E-state index in [0.717, 1.165) is 24.8 Å². The minimum atomic E-state index is -4.98. The van der Waals surface area contributed by atoms with Gasteiger partial charge in [0.25, 0.3) is 0 Å². The van der Waals surface area contributed by atoms with Crippen molar-refractivity contribution in [2.75, 3.05) is 7.11 Å². The summed E-state index contributed by atoms with van der Waals surface area (Å²) in [6.07, 6.45) is -7.08. The third kappa shape index (κ3) is 6.93. The van der Waals surface area contributed by atoms with E-state index >= 15 is 0 Å². The maximum Gasteiger partial charge on any atom is 0.416 e. The summed E-state index contributed by atoms with van der Waals surface area (Å²) in [4.78, 5) is 22.2. The van der Waals surface area contributed by atoms with Crippen LogP contribution in [0.25, 0.3) is 0 Å². The van der Waals surface area contributed by atoms with Crippen LogP contribution in [0.2, 0.25) is 0 Å². The molecule has 11 heteroatoms. The Morgan fingerprint density at radius 1 is 0.909 bits per heavy atom. The van der Waals surface area contributed by atoms with Crippen LogP contribution in [0.15, 0.2) is 42.5 Å². The highest BCUT2D eigenvalue weighted by molar-refractivity contribution is 5.93. The van der Waals surface area contributed by atoms with Gasteiger partial charge in [0.1, 0.15) is 5.82 Å². The van der Waals surface area contributed by atoms with Crippen molar-refractivity contribution in [3.8, 4) is 0 Å². The van der Waals surface area contributed by atoms with E-state index in [9.17, 15) is 40.3 Å². The summed E-state index contributed by atoms with van der Waals surface area (Å²) in [6.45, 7) is 0. The third-order valence-electron chi connectivity index (χ3n) is 5.19. The molecule has 3 rings (SSSR count). The molecule has 1 amide bonds. The van der Waals surface area contributed by atoms with Gasteiger partial charge in [-0.15, -0.1) is 0 Å². The van der Waals surface area contributed by atoms with Crippen molar-refractivity contribution in [1.29, 1.82) is 0 Å². The van der Waals surface area contributed by atoms with Crippen LogP contribution in [0.4, 0.5) is 30.7 Å². The molecule has 2 atom stereocenters. The molecule has 1 fully saturated rings. The highest BCUT2D eigenvalue weighted by Crippen LogP contribution is 2.40. The molecule has 2 aromatic rings. The molecule has 1 aliphatic rings. The molecule has 0 radical (unpaired) electrons. The number of carbonyl (C=O) groups is 2. The molecule has 33 heavy (non-hydrogen) atoms. The lowest BCUT2D eigenvalue weighted by Crippen LogP contribution is -2.18. The fraction of sp³-hybridized carbons (Fsp3) is 0.364. The number of halogens is 7. The minimum Gasteiger partial charge on any atom is -0.469 e. The molecular weight excluding hydrogens is 459 g/mol. The van der Waals surface area contributed by atoms with Gasteiger partial charge in [-0.25, -0.2) is 4.39 Å². The van der Waals surface area contributed by atoms with Gasteiger partial charge in [-0.2, -0.15) is 26.3 Å². The zero-order chi connectivity index (χ0) is 25.0. The number of hydrogen-bond donors (Lipinski definition) is 1. The van der Waals surface area contributed by atoms with Crippen molar-refractivity contribution in [1.82, 2.24) is 0 Å². The predicted octanol–water partition coefficient (Wildman–Crippen LogP) is 5.71. The number of primary amides is 1. The summed E-state index contributed by atoms with van der Waals surface area (Å²) in [7, 11) is 1.42. The van der Waals surface area contributed by atoms with Crippen LogP contribution in [0.5, 0.6) is 0 Å². The quantitative estimate of drug-likeness (QED) is 0.453. The van der Waals surface area contributed by atoms with Crippen LogP contribution in [0.1, 0.15) is 52.2 Å². The summed E-state index contributed by atoms with van der Waals surface area (Å²) in [5, 5.41) is 0. The normalized spacial score (nSPS) is 18.3. The Morgan fingerprint density at radius 3 is 1.85 bits per heavy atom. The summed E-state index contributed by atoms with van der Waals surface area (Å²) < 4.78 is 91.3. The van der Waals surface area contributed by atoms with Crippen molar-refractivity contribution < 1.29 is 45.1 Å². The van der Waals surface area contributed by atoms with E-state index in [1.54, 1.807) is 12.1 Å². The maximum atomic E-state index is 12.8. The molecule has 180 valence electrons. The Labute approximate surface area is 184 Å². The first-order chi connectivity index (χ1) is 15.2. The lowest BCUT2D eigenvalue weighted by molar-refractivity contribution is -0.146. The van der Waals surface area contributed by atoms with E-state index < -0.39 is 35.0 Å². The van der Waals surface area contributed by atoms with Gasteiger partial charge < -0.3 is 10.5 Å². The number of rotatable bonds is 3. The second kappa shape index (κ2) is 10.2. The zero-order valence-electron chi connectivity index (χ0n) is 17.3. The topological polar surface area (TPSA) is 69.4 Å².